The number of pyridine rings is 1. The van der Waals surface area contributed by atoms with Gasteiger partial charge in [-0.1, -0.05) is 18.2 Å². The van der Waals surface area contributed by atoms with Crippen LogP contribution in [0.4, 0.5) is 10.5 Å². The number of hydrogen-bond donors (Lipinski definition) is 2. The van der Waals surface area contributed by atoms with Crippen molar-refractivity contribution in [1.29, 1.82) is 0 Å². The quantitative estimate of drug-likeness (QED) is 0.822. The lowest BCUT2D eigenvalue weighted by atomic mass is 10.1. The molecule has 0 aliphatic rings. The third-order valence-corrected chi connectivity index (χ3v) is 3.18. The van der Waals surface area contributed by atoms with E-state index < -0.39 is 5.60 Å². The first-order valence-electron chi connectivity index (χ1n) is 7.92. The van der Waals surface area contributed by atoms with Crippen LogP contribution in [-0.4, -0.2) is 29.8 Å². The fraction of sp³-hybridized carbons (Fsp3) is 0.444. The van der Waals surface area contributed by atoms with Crippen LogP contribution in [0.2, 0.25) is 0 Å². The summed E-state index contributed by atoms with van der Waals surface area (Å²) in [5, 5.41) is 7.29. The minimum Gasteiger partial charge on any atom is -0.444 e. The molecule has 0 aliphatic carbocycles. The average molecular weight is 315 g/mol. The highest BCUT2D eigenvalue weighted by Crippen LogP contribution is 2.22. The number of carbonyl (C=O) groups excluding carboxylic acids is 1. The first-order chi connectivity index (χ1) is 10.8. The van der Waals surface area contributed by atoms with Gasteiger partial charge >= 0.3 is 6.09 Å². The maximum absolute atomic E-state index is 11.5. The maximum atomic E-state index is 11.5. The smallest absolute Gasteiger partial charge is 0.407 e. The Morgan fingerprint density at radius 1 is 1.22 bits per heavy atom. The number of para-hydroxylation sites is 1. The van der Waals surface area contributed by atoms with E-state index >= 15 is 0 Å². The number of nitrogens with one attached hydrogen (secondary N) is 2. The summed E-state index contributed by atoms with van der Waals surface area (Å²) in [5.74, 6) is 0. The number of anilines is 1. The molecule has 0 fully saturated rings. The topological polar surface area (TPSA) is 63.2 Å². The van der Waals surface area contributed by atoms with Crippen LogP contribution in [-0.2, 0) is 4.74 Å². The zero-order chi connectivity index (χ0) is 16.9. The van der Waals surface area contributed by atoms with Crippen LogP contribution < -0.4 is 10.6 Å². The van der Waals surface area contributed by atoms with Crippen molar-refractivity contribution in [2.75, 3.05) is 18.4 Å². The summed E-state index contributed by atoms with van der Waals surface area (Å²) in [6.45, 7) is 8.88. The second kappa shape index (κ2) is 7.31. The number of amides is 1. The molecule has 0 bridgehead atoms. The van der Waals surface area contributed by atoms with Crippen molar-refractivity contribution in [3.63, 3.8) is 0 Å². The van der Waals surface area contributed by atoms with Crippen molar-refractivity contribution in [2.45, 2.75) is 39.7 Å². The van der Waals surface area contributed by atoms with E-state index in [1.165, 1.54) is 0 Å². The largest absolute Gasteiger partial charge is 0.444 e. The lowest BCUT2D eigenvalue weighted by Gasteiger charge is -2.19. The summed E-state index contributed by atoms with van der Waals surface area (Å²) in [6.07, 6.45) is 0.442. The molecule has 0 unspecified atom stereocenters. The first kappa shape index (κ1) is 17.1. The summed E-state index contributed by atoms with van der Waals surface area (Å²) in [6, 6.07) is 10.1. The summed E-state index contributed by atoms with van der Waals surface area (Å²) in [4.78, 5) is 16.1. The molecule has 124 valence electrons. The Morgan fingerprint density at radius 2 is 1.96 bits per heavy atom. The Bertz CT molecular complexity index is 678. The zero-order valence-corrected chi connectivity index (χ0v) is 14.3. The molecule has 2 N–H and O–H groups in total. The van der Waals surface area contributed by atoms with E-state index in [9.17, 15) is 4.79 Å². The van der Waals surface area contributed by atoms with Crippen LogP contribution in [0, 0.1) is 6.92 Å². The lowest BCUT2D eigenvalue weighted by molar-refractivity contribution is 0.0528. The van der Waals surface area contributed by atoms with Gasteiger partial charge in [-0.2, -0.15) is 0 Å². The van der Waals surface area contributed by atoms with Gasteiger partial charge in [0.15, 0.2) is 0 Å². The number of fused-ring (bicyclic) bond motifs is 1. The van der Waals surface area contributed by atoms with Gasteiger partial charge in [0.1, 0.15) is 5.60 Å². The normalized spacial score (nSPS) is 11.3. The van der Waals surface area contributed by atoms with Gasteiger partial charge in [-0.15, -0.1) is 0 Å². The van der Waals surface area contributed by atoms with Crippen LogP contribution >= 0.6 is 0 Å². The Hall–Kier alpha value is -2.30. The predicted molar refractivity (Wildman–Crippen MR) is 93.8 cm³/mol. The molecule has 0 saturated carbocycles. The minimum absolute atomic E-state index is 0.372. The van der Waals surface area contributed by atoms with E-state index in [4.69, 9.17) is 4.74 Å². The number of rotatable bonds is 5. The molecule has 23 heavy (non-hydrogen) atoms. The third-order valence-electron chi connectivity index (χ3n) is 3.18. The summed E-state index contributed by atoms with van der Waals surface area (Å²) in [7, 11) is 0. The van der Waals surface area contributed by atoms with E-state index in [1.54, 1.807) is 0 Å². The summed E-state index contributed by atoms with van der Waals surface area (Å²) >= 11 is 0. The SMILES string of the molecule is Cc1cc(NCCCNC(=O)OC(C)(C)C)c2ccccc2n1. The van der Waals surface area contributed by atoms with Crippen LogP contribution in [0.5, 0.6) is 0 Å². The van der Waals surface area contributed by atoms with Gasteiger partial charge in [0, 0.05) is 29.9 Å². The molecule has 2 aromatic rings. The molecule has 0 atom stereocenters. The van der Waals surface area contributed by atoms with Crippen LogP contribution in [0.15, 0.2) is 30.3 Å². The van der Waals surface area contributed by atoms with Crippen molar-refractivity contribution in [3.05, 3.63) is 36.0 Å². The van der Waals surface area contributed by atoms with Gasteiger partial charge in [0.2, 0.25) is 0 Å². The van der Waals surface area contributed by atoms with E-state index in [2.05, 4.69) is 21.7 Å². The molecule has 1 aromatic carbocycles. The van der Waals surface area contributed by atoms with E-state index in [-0.39, 0.29) is 6.09 Å². The fourth-order valence-corrected chi connectivity index (χ4v) is 2.27. The second-order valence-corrected chi connectivity index (χ2v) is 6.54. The van der Waals surface area contributed by atoms with Crippen molar-refractivity contribution in [3.8, 4) is 0 Å². The summed E-state index contributed by atoms with van der Waals surface area (Å²) < 4.78 is 5.20. The number of benzene rings is 1. The number of alkyl carbamates (subject to hydrolysis) is 1. The van der Waals surface area contributed by atoms with Crippen LogP contribution in [0.3, 0.4) is 0 Å². The Kier molecular flexibility index (Phi) is 5.42. The number of aryl methyl sites for hydroxylation is 1. The van der Waals surface area contributed by atoms with Crippen molar-refractivity contribution in [2.24, 2.45) is 0 Å². The van der Waals surface area contributed by atoms with Crippen molar-refractivity contribution in [1.82, 2.24) is 10.3 Å². The molecule has 0 saturated heterocycles. The molecule has 0 spiro atoms. The predicted octanol–water partition coefficient (Wildman–Crippen LogP) is 3.87. The fourth-order valence-electron chi connectivity index (χ4n) is 2.27. The molecule has 1 amide bonds. The van der Waals surface area contributed by atoms with Gasteiger partial charge in [0.05, 0.1) is 5.52 Å². The molecule has 1 aromatic heterocycles. The second-order valence-electron chi connectivity index (χ2n) is 6.54. The number of hydrogen-bond acceptors (Lipinski definition) is 4. The highest BCUT2D eigenvalue weighted by molar-refractivity contribution is 5.91. The number of aromatic nitrogens is 1. The first-order valence-corrected chi connectivity index (χ1v) is 7.92. The van der Waals surface area contributed by atoms with Gasteiger partial charge < -0.3 is 15.4 Å². The summed E-state index contributed by atoms with van der Waals surface area (Å²) in [5.41, 5.74) is 2.58. The van der Waals surface area contributed by atoms with Crippen molar-refractivity contribution >= 4 is 22.7 Å². The lowest BCUT2D eigenvalue weighted by Crippen LogP contribution is -2.33. The Labute approximate surface area is 137 Å². The monoisotopic (exact) mass is 315 g/mol. The van der Waals surface area contributed by atoms with Gasteiger partial charge in [-0.3, -0.25) is 4.98 Å². The van der Waals surface area contributed by atoms with Crippen molar-refractivity contribution < 1.29 is 9.53 Å². The standard InChI is InChI=1S/C18H25N3O2/c1-13-12-16(14-8-5-6-9-15(14)21-13)19-10-7-11-20-17(22)23-18(2,3)4/h5-6,8-9,12H,7,10-11H2,1-4H3,(H,19,21)(H,20,22). The van der Waals surface area contributed by atoms with Gasteiger partial charge in [-0.05, 0) is 46.2 Å². The average Bonchev–Trinajstić information content (AvgIpc) is 2.44. The molecule has 5 nitrogen and oxygen atoms in total. The van der Waals surface area contributed by atoms with Gasteiger partial charge in [-0.25, -0.2) is 4.79 Å². The molecule has 2 rings (SSSR count). The Balaban J connectivity index is 1.82. The minimum atomic E-state index is -0.462. The van der Waals surface area contributed by atoms with E-state index in [1.807, 2.05) is 52.0 Å². The number of carbonyl (C=O) groups is 1. The van der Waals surface area contributed by atoms with Gasteiger partial charge in [0.25, 0.3) is 0 Å². The molecular formula is C18H25N3O2. The molecular weight excluding hydrogens is 290 g/mol. The maximum Gasteiger partial charge on any atom is 0.407 e. The highest BCUT2D eigenvalue weighted by atomic mass is 16.6. The Morgan fingerprint density at radius 3 is 2.70 bits per heavy atom. The van der Waals surface area contributed by atoms with Crippen LogP contribution in [0.25, 0.3) is 10.9 Å². The van der Waals surface area contributed by atoms with Crippen LogP contribution in [0.1, 0.15) is 32.9 Å². The molecule has 1 heterocycles. The van der Waals surface area contributed by atoms with E-state index in [0.717, 1.165) is 35.2 Å². The third kappa shape index (κ3) is 5.43. The molecule has 0 radical (unpaired) electrons. The molecule has 0 aliphatic heterocycles. The zero-order valence-electron chi connectivity index (χ0n) is 14.3. The van der Waals surface area contributed by atoms with E-state index in [0.29, 0.717) is 6.54 Å². The molecule has 5 heteroatoms. The highest BCUT2D eigenvalue weighted by Gasteiger charge is 2.15. The number of ether oxygens (including phenoxy) is 1. The number of nitrogens with zero attached hydrogens (tertiary/aromatic N) is 1.